The van der Waals surface area contributed by atoms with Gasteiger partial charge in [-0.05, 0) is 33.2 Å². The summed E-state index contributed by atoms with van der Waals surface area (Å²) in [6.45, 7) is 5.66. The van der Waals surface area contributed by atoms with E-state index in [2.05, 4.69) is 12.2 Å². The second kappa shape index (κ2) is 4.80. The van der Waals surface area contributed by atoms with Crippen LogP contribution in [-0.4, -0.2) is 36.5 Å². The van der Waals surface area contributed by atoms with Gasteiger partial charge in [0.1, 0.15) is 0 Å². The molecule has 1 aliphatic heterocycles. The lowest BCUT2D eigenvalue weighted by molar-refractivity contribution is 0.111. The average Bonchev–Trinajstić information content (AvgIpc) is 2.36. The molecule has 0 aromatic heterocycles. The number of aliphatic hydroxyl groups is 1. The molecule has 0 bridgehead atoms. The van der Waals surface area contributed by atoms with E-state index >= 15 is 0 Å². The van der Waals surface area contributed by atoms with Crippen molar-refractivity contribution in [3.05, 3.63) is 0 Å². The van der Waals surface area contributed by atoms with Gasteiger partial charge in [-0.25, -0.2) is 0 Å². The van der Waals surface area contributed by atoms with Gasteiger partial charge < -0.3 is 15.2 Å². The molecule has 1 fully saturated rings. The van der Waals surface area contributed by atoms with E-state index in [9.17, 15) is 0 Å². The van der Waals surface area contributed by atoms with Gasteiger partial charge in [-0.3, -0.25) is 0 Å². The van der Waals surface area contributed by atoms with E-state index in [1.165, 1.54) is 0 Å². The summed E-state index contributed by atoms with van der Waals surface area (Å²) in [5.74, 6) is 0. The molecular weight excluding hydrogens is 154 g/mol. The summed E-state index contributed by atoms with van der Waals surface area (Å²) in [6.07, 6.45) is 2.05. The second-order valence-corrected chi connectivity index (χ2v) is 3.56. The molecule has 1 saturated heterocycles. The fourth-order valence-corrected chi connectivity index (χ4v) is 1.48. The highest BCUT2D eigenvalue weighted by molar-refractivity contribution is 4.78. The molecule has 0 amide bonds. The Morgan fingerprint density at radius 2 is 2.42 bits per heavy atom. The molecule has 3 heteroatoms. The summed E-state index contributed by atoms with van der Waals surface area (Å²) >= 11 is 0. The SMILES string of the molecule is C[C@H](O)CCN[C@@H]1CCO[C@H]1C. The molecule has 2 N–H and O–H groups in total. The van der Waals surface area contributed by atoms with Crippen molar-refractivity contribution < 1.29 is 9.84 Å². The fraction of sp³-hybridized carbons (Fsp3) is 1.00. The molecule has 0 unspecified atom stereocenters. The molecule has 0 radical (unpaired) electrons. The summed E-state index contributed by atoms with van der Waals surface area (Å²) in [5, 5.41) is 12.4. The quantitative estimate of drug-likeness (QED) is 0.651. The molecule has 1 heterocycles. The van der Waals surface area contributed by atoms with Gasteiger partial charge in [-0.1, -0.05) is 0 Å². The number of ether oxygens (including phenoxy) is 1. The van der Waals surface area contributed by atoms with Crippen molar-refractivity contribution >= 4 is 0 Å². The molecule has 1 rings (SSSR count). The third-order valence-electron chi connectivity index (χ3n) is 2.34. The molecule has 0 saturated carbocycles. The Bertz CT molecular complexity index is 128. The maximum absolute atomic E-state index is 9.02. The monoisotopic (exact) mass is 173 g/mol. The lowest BCUT2D eigenvalue weighted by atomic mass is 10.1. The summed E-state index contributed by atoms with van der Waals surface area (Å²) in [4.78, 5) is 0. The topological polar surface area (TPSA) is 41.5 Å². The van der Waals surface area contributed by atoms with Crippen LogP contribution in [0.3, 0.4) is 0 Å². The minimum absolute atomic E-state index is 0.199. The highest BCUT2D eigenvalue weighted by Gasteiger charge is 2.22. The number of hydrogen-bond donors (Lipinski definition) is 2. The normalized spacial score (nSPS) is 32.2. The van der Waals surface area contributed by atoms with E-state index in [0.717, 1.165) is 26.0 Å². The zero-order chi connectivity index (χ0) is 8.97. The zero-order valence-corrected chi connectivity index (χ0v) is 7.92. The molecule has 72 valence electrons. The zero-order valence-electron chi connectivity index (χ0n) is 7.92. The van der Waals surface area contributed by atoms with Gasteiger partial charge >= 0.3 is 0 Å². The van der Waals surface area contributed by atoms with Crippen LogP contribution in [0, 0.1) is 0 Å². The standard InChI is InChI=1S/C9H19NO2/c1-7(11)3-5-10-9-4-6-12-8(9)2/h7-11H,3-6H2,1-2H3/t7-,8-,9+/m0/s1. The van der Waals surface area contributed by atoms with Crippen molar-refractivity contribution in [2.75, 3.05) is 13.2 Å². The molecule has 0 spiro atoms. The van der Waals surface area contributed by atoms with Crippen molar-refractivity contribution in [1.29, 1.82) is 0 Å². The van der Waals surface area contributed by atoms with Crippen LogP contribution in [0.2, 0.25) is 0 Å². The van der Waals surface area contributed by atoms with Gasteiger partial charge in [-0.15, -0.1) is 0 Å². The van der Waals surface area contributed by atoms with Gasteiger partial charge in [0.15, 0.2) is 0 Å². The van der Waals surface area contributed by atoms with E-state index in [1.807, 2.05) is 6.92 Å². The maximum atomic E-state index is 9.02. The highest BCUT2D eigenvalue weighted by Crippen LogP contribution is 2.12. The first-order valence-corrected chi connectivity index (χ1v) is 4.73. The minimum atomic E-state index is -0.199. The first-order chi connectivity index (χ1) is 5.70. The Morgan fingerprint density at radius 1 is 1.67 bits per heavy atom. The number of aliphatic hydroxyl groups excluding tert-OH is 1. The van der Waals surface area contributed by atoms with E-state index in [1.54, 1.807) is 0 Å². The Kier molecular flexibility index (Phi) is 3.98. The Morgan fingerprint density at radius 3 is 2.92 bits per heavy atom. The third kappa shape index (κ3) is 3.09. The molecule has 1 aliphatic rings. The van der Waals surface area contributed by atoms with Gasteiger partial charge in [-0.2, -0.15) is 0 Å². The molecular formula is C9H19NO2. The van der Waals surface area contributed by atoms with Crippen LogP contribution in [0.1, 0.15) is 26.7 Å². The van der Waals surface area contributed by atoms with Gasteiger partial charge in [0.25, 0.3) is 0 Å². The van der Waals surface area contributed by atoms with Gasteiger partial charge in [0, 0.05) is 12.6 Å². The first-order valence-electron chi connectivity index (χ1n) is 4.73. The molecule has 0 aromatic carbocycles. The first kappa shape index (κ1) is 9.96. The van der Waals surface area contributed by atoms with Crippen LogP contribution in [-0.2, 0) is 4.74 Å². The van der Waals surface area contributed by atoms with Crippen LogP contribution in [0.25, 0.3) is 0 Å². The van der Waals surface area contributed by atoms with Crippen LogP contribution < -0.4 is 5.32 Å². The number of nitrogens with one attached hydrogen (secondary N) is 1. The summed E-state index contributed by atoms with van der Waals surface area (Å²) in [7, 11) is 0. The predicted molar refractivity (Wildman–Crippen MR) is 48.1 cm³/mol. The third-order valence-corrected chi connectivity index (χ3v) is 2.34. The highest BCUT2D eigenvalue weighted by atomic mass is 16.5. The summed E-state index contributed by atoms with van der Waals surface area (Å²) < 4.78 is 5.40. The fourth-order valence-electron chi connectivity index (χ4n) is 1.48. The summed E-state index contributed by atoms with van der Waals surface area (Å²) in [6, 6.07) is 0.490. The van der Waals surface area contributed by atoms with Crippen molar-refractivity contribution in [2.24, 2.45) is 0 Å². The van der Waals surface area contributed by atoms with E-state index in [4.69, 9.17) is 9.84 Å². The maximum Gasteiger partial charge on any atom is 0.0700 e. The molecule has 0 aromatic rings. The summed E-state index contributed by atoms with van der Waals surface area (Å²) in [5.41, 5.74) is 0. The van der Waals surface area contributed by atoms with Crippen LogP contribution in [0.4, 0.5) is 0 Å². The minimum Gasteiger partial charge on any atom is -0.393 e. The molecule has 0 aliphatic carbocycles. The van der Waals surface area contributed by atoms with Crippen molar-refractivity contribution in [3.8, 4) is 0 Å². The van der Waals surface area contributed by atoms with E-state index < -0.39 is 0 Å². The van der Waals surface area contributed by atoms with E-state index in [0.29, 0.717) is 12.1 Å². The Hall–Kier alpha value is -0.120. The lowest BCUT2D eigenvalue weighted by Gasteiger charge is -2.16. The van der Waals surface area contributed by atoms with Crippen LogP contribution in [0.5, 0.6) is 0 Å². The number of hydrogen-bond acceptors (Lipinski definition) is 3. The second-order valence-electron chi connectivity index (χ2n) is 3.56. The molecule has 3 nitrogen and oxygen atoms in total. The average molecular weight is 173 g/mol. The van der Waals surface area contributed by atoms with Crippen molar-refractivity contribution in [1.82, 2.24) is 5.32 Å². The number of rotatable bonds is 4. The Labute approximate surface area is 74.1 Å². The van der Waals surface area contributed by atoms with Crippen molar-refractivity contribution in [3.63, 3.8) is 0 Å². The smallest absolute Gasteiger partial charge is 0.0700 e. The van der Waals surface area contributed by atoms with Crippen LogP contribution >= 0.6 is 0 Å². The van der Waals surface area contributed by atoms with Gasteiger partial charge in [0.2, 0.25) is 0 Å². The van der Waals surface area contributed by atoms with E-state index in [-0.39, 0.29) is 6.10 Å². The van der Waals surface area contributed by atoms with Crippen LogP contribution in [0.15, 0.2) is 0 Å². The predicted octanol–water partition coefficient (Wildman–Crippen LogP) is 0.524. The largest absolute Gasteiger partial charge is 0.393 e. The lowest BCUT2D eigenvalue weighted by Crippen LogP contribution is -2.36. The molecule has 3 atom stereocenters. The Balaban J connectivity index is 2.06. The van der Waals surface area contributed by atoms with Crippen molar-refractivity contribution in [2.45, 2.75) is 44.9 Å². The molecule has 12 heavy (non-hydrogen) atoms. The van der Waals surface area contributed by atoms with Gasteiger partial charge in [0.05, 0.1) is 12.2 Å².